The molecule has 0 aliphatic heterocycles. The zero-order chi connectivity index (χ0) is 36.8. The molecule has 50 heavy (non-hydrogen) atoms. The van der Waals surface area contributed by atoms with Gasteiger partial charge in [-0.2, -0.15) is 0 Å². The number of aliphatic hydroxyl groups excluding tert-OH is 4. The third-order valence-corrected chi connectivity index (χ3v) is 10.3. The second-order valence-corrected chi connectivity index (χ2v) is 15.5. The number of aliphatic hydroxyl groups is 4. The molecule has 0 aromatic rings. The number of hydrogen-bond donors (Lipinski definition) is 4. The van der Waals surface area contributed by atoms with E-state index in [0.29, 0.717) is 25.7 Å². The molecule has 1 aliphatic carbocycles. The molecule has 0 aromatic carbocycles. The first kappa shape index (κ1) is 46.5. The van der Waals surface area contributed by atoms with Crippen molar-refractivity contribution in [1.29, 1.82) is 0 Å². The molecule has 0 amide bonds. The van der Waals surface area contributed by atoms with Gasteiger partial charge in [0.2, 0.25) is 0 Å². The zero-order valence-electron chi connectivity index (χ0n) is 32.4. The largest absolute Gasteiger partial charge is 0.462 e. The number of hydrogen-bond acceptors (Lipinski definition) is 8. The molecular weight excluding hydrogens is 632 g/mol. The van der Waals surface area contributed by atoms with Crippen LogP contribution in [0.3, 0.4) is 0 Å². The summed E-state index contributed by atoms with van der Waals surface area (Å²) in [5.74, 6) is -0.0731. The first-order valence-corrected chi connectivity index (χ1v) is 20.9. The van der Waals surface area contributed by atoms with Gasteiger partial charge in [-0.05, 0) is 37.5 Å². The highest BCUT2D eigenvalue weighted by atomic mass is 16.6. The number of carbonyl (C=O) groups excluding carboxylic acids is 2. The molecule has 0 spiro atoms. The Kier molecular flexibility index (Phi) is 28.9. The topological polar surface area (TPSA) is 134 Å². The van der Waals surface area contributed by atoms with E-state index < -0.39 is 24.4 Å². The van der Waals surface area contributed by atoms with Crippen LogP contribution < -0.4 is 0 Å². The van der Waals surface area contributed by atoms with Gasteiger partial charge in [0.15, 0.2) is 6.10 Å². The van der Waals surface area contributed by atoms with Gasteiger partial charge in [-0.15, -0.1) is 0 Å². The summed E-state index contributed by atoms with van der Waals surface area (Å²) in [5, 5.41) is 40.8. The fraction of sp³-hybridized carbons (Fsp3) is 0.905. The minimum Gasteiger partial charge on any atom is -0.462 e. The summed E-state index contributed by atoms with van der Waals surface area (Å²) < 4.78 is 10.6. The number of rotatable bonds is 33. The van der Waals surface area contributed by atoms with Crippen LogP contribution in [0, 0.1) is 17.8 Å². The molecule has 1 fully saturated rings. The van der Waals surface area contributed by atoms with Crippen LogP contribution in [0.5, 0.6) is 0 Å². The Bertz CT molecular complexity index is 846. The van der Waals surface area contributed by atoms with Gasteiger partial charge in [0.1, 0.15) is 6.61 Å². The zero-order valence-corrected chi connectivity index (χ0v) is 32.4. The Morgan fingerprint density at radius 1 is 0.700 bits per heavy atom. The maximum Gasteiger partial charge on any atom is 0.306 e. The van der Waals surface area contributed by atoms with Crippen molar-refractivity contribution in [2.24, 2.45) is 17.8 Å². The molecule has 294 valence electrons. The number of unbranched alkanes of at least 4 members (excludes halogenated alkanes) is 17. The molecule has 0 aromatic heterocycles. The summed E-state index contributed by atoms with van der Waals surface area (Å²) in [5.41, 5.74) is 0. The predicted octanol–water partition coefficient (Wildman–Crippen LogP) is 9.14. The van der Waals surface area contributed by atoms with E-state index in [2.05, 4.69) is 20.8 Å². The molecule has 4 N–H and O–H groups in total. The molecule has 0 saturated heterocycles. The summed E-state index contributed by atoms with van der Waals surface area (Å²) in [7, 11) is 0. The van der Waals surface area contributed by atoms with Gasteiger partial charge >= 0.3 is 11.9 Å². The minimum atomic E-state index is -0.834. The Balaban J connectivity index is 2.05. The lowest BCUT2D eigenvalue weighted by atomic mass is 9.88. The third-order valence-electron chi connectivity index (χ3n) is 10.3. The third kappa shape index (κ3) is 24.7. The van der Waals surface area contributed by atoms with Crippen LogP contribution in [0.4, 0.5) is 0 Å². The first-order valence-electron chi connectivity index (χ1n) is 20.9. The van der Waals surface area contributed by atoms with Crippen LogP contribution in [-0.2, 0) is 19.1 Å². The van der Waals surface area contributed by atoms with E-state index >= 15 is 0 Å². The van der Waals surface area contributed by atoms with Crippen LogP contribution in [0.1, 0.15) is 188 Å². The highest BCUT2D eigenvalue weighted by molar-refractivity contribution is 5.70. The fourth-order valence-corrected chi connectivity index (χ4v) is 7.13. The summed E-state index contributed by atoms with van der Waals surface area (Å²) in [6.45, 7) is 6.22. The summed E-state index contributed by atoms with van der Waals surface area (Å²) in [6, 6.07) is 0. The van der Waals surface area contributed by atoms with Crippen molar-refractivity contribution >= 4 is 11.9 Å². The van der Waals surface area contributed by atoms with Crippen molar-refractivity contribution in [2.75, 3.05) is 13.2 Å². The van der Waals surface area contributed by atoms with E-state index in [1.807, 2.05) is 6.08 Å². The van der Waals surface area contributed by atoms with Crippen molar-refractivity contribution in [1.82, 2.24) is 0 Å². The lowest BCUT2D eigenvalue weighted by Gasteiger charge is -2.21. The second kappa shape index (κ2) is 31.1. The number of carbonyl (C=O) groups is 2. The first-order chi connectivity index (χ1) is 24.2. The molecule has 0 heterocycles. The van der Waals surface area contributed by atoms with Gasteiger partial charge in [0, 0.05) is 25.2 Å². The molecule has 1 rings (SSSR count). The van der Waals surface area contributed by atoms with Gasteiger partial charge < -0.3 is 29.9 Å². The van der Waals surface area contributed by atoms with E-state index in [9.17, 15) is 30.0 Å². The van der Waals surface area contributed by atoms with E-state index in [4.69, 9.17) is 9.47 Å². The quantitative estimate of drug-likeness (QED) is 0.0301. The maximum absolute atomic E-state index is 12.2. The predicted molar refractivity (Wildman–Crippen MR) is 203 cm³/mol. The van der Waals surface area contributed by atoms with Crippen LogP contribution in [0.15, 0.2) is 12.2 Å². The van der Waals surface area contributed by atoms with E-state index in [1.54, 1.807) is 6.08 Å². The molecule has 8 heteroatoms. The molecule has 0 radical (unpaired) electrons. The number of esters is 2. The van der Waals surface area contributed by atoms with Crippen LogP contribution in [-0.4, -0.2) is 70.0 Å². The van der Waals surface area contributed by atoms with Crippen molar-refractivity contribution in [3.8, 4) is 0 Å². The molecule has 6 atom stereocenters. The minimum absolute atomic E-state index is 0.0317. The van der Waals surface area contributed by atoms with Crippen molar-refractivity contribution in [3.63, 3.8) is 0 Å². The lowest BCUT2D eigenvalue weighted by molar-refractivity contribution is -0.161. The highest BCUT2D eigenvalue weighted by Gasteiger charge is 2.39. The van der Waals surface area contributed by atoms with Crippen molar-refractivity contribution < 1.29 is 39.5 Å². The summed E-state index contributed by atoms with van der Waals surface area (Å²) >= 11 is 0. The Labute approximate surface area is 306 Å². The molecule has 1 aliphatic rings. The standard InChI is InChI=1S/C42H78O8/c1-4-5-19-25-35(44)29-30-38-37(39(45)31-40(38)46)26-21-17-18-22-27-41(47)49-33-36(32-43)50-42(48)28-23-16-14-12-10-8-6-7-9-11-13-15-20-24-34(2)3/h29-30,34-40,43-46H,4-28,31-33H2,1-3H3/b30-29+/t35-,36-,37+,38+,39-,40+/m0/s1. The average molecular weight is 711 g/mol. The molecule has 0 unspecified atom stereocenters. The highest BCUT2D eigenvalue weighted by Crippen LogP contribution is 2.37. The monoisotopic (exact) mass is 711 g/mol. The van der Waals surface area contributed by atoms with E-state index in [-0.39, 0.29) is 43.4 Å². The number of ether oxygens (including phenoxy) is 2. The van der Waals surface area contributed by atoms with Crippen molar-refractivity contribution in [2.45, 2.75) is 212 Å². The van der Waals surface area contributed by atoms with Crippen molar-refractivity contribution in [3.05, 3.63) is 12.2 Å². The van der Waals surface area contributed by atoms with E-state index in [0.717, 1.165) is 70.1 Å². The van der Waals surface area contributed by atoms with Gasteiger partial charge in [0.05, 0.1) is 24.9 Å². The molecule has 8 nitrogen and oxygen atoms in total. The molecular formula is C42H78O8. The SMILES string of the molecule is CCCCC[C@H](O)/C=C/[C@@H]1[C@@H](CCCCCCC(=O)OC[C@H](CO)OC(=O)CCCCCCCCCCCCCCCC(C)C)[C@@H](O)C[C@H]1O. The molecule has 0 bridgehead atoms. The Morgan fingerprint density at radius 3 is 1.78 bits per heavy atom. The maximum atomic E-state index is 12.2. The Morgan fingerprint density at radius 2 is 1.22 bits per heavy atom. The summed E-state index contributed by atoms with van der Waals surface area (Å²) in [6.07, 6.45) is 27.7. The molecule has 1 saturated carbocycles. The van der Waals surface area contributed by atoms with Gasteiger partial charge in [-0.3, -0.25) is 9.59 Å². The second-order valence-electron chi connectivity index (χ2n) is 15.5. The van der Waals surface area contributed by atoms with Gasteiger partial charge in [0.25, 0.3) is 0 Å². The van der Waals surface area contributed by atoms with Gasteiger partial charge in [-0.1, -0.05) is 155 Å². The van der Waals surface area contributed by atoms with Crippen LogP contribution in [0.2, 0.25) is 0 Å². The normalized spacial score (nSPS) is 20.5. The van der Waals surface area contributed by atoms with E-state index in [1.165, 1.54) is 70.6 Å². The van der Waals surface area contributed by atoms with Crippen LogP contribution in [0.25, 0.3) is 0 Å². The lowest BCUT2D eigenvalue weighted by Crippen LogP contribution is -2.28. The fourth-order valence-electron chi connectivity index (χ4n) is 7.13. The van der Waals surface area contributed by atoms with Gasteiger partial charge in [-0.25, -0.2) is 0 Å². The Hall–Kier alpha value is -1.48. The van der Waals surface area contributed by atoms with Crippen LogP contribution >= 0.6 is 0 Å². The summed E-state index contributed by atoms with van der Waals surface area (Å²) in [4.78, 5) is 24.5. The smallest absolute Gasteiger partial charge is 0.306 e. The average Bonchev–Trinajstić information content (AvgIpc) is 3.35.